The van der Waals surface area contributed by atoms with Gasteiger partial charge < -0.3 is 10.6 Å². The van der Waals surface area contributed by atoms with E-state index in [-0.39, 0.29) is 31.4 Å². The second kappa shape index (κ2) is 6.39. The maximum absolute atomic E-state index is 11.9. The van der Waals surface area contributed by atoms with E-state index in [0.29, 0.717) is 11.5 Å². The van der Waals surface area contributed by atoms with Crippen LogP contribution in [0.25, 0.3) is 0 Å². The number of amides is 4. The molecule has 0 radical (unpaired) electrons. The van der Waals surface area contributed by atoms with E-state index in [1.807, 2.05) is 12.1 Å². The van der Waals surface area contributed by atoms with Crippen molar-refractivity contribution < 1.29 is 14.4 Å². The number of nitrogens with one attached hydrogen (secondary N) is 2. The fourth-order valence-corrected chi connectivity index (χ4v) is 2.08. The average molecular weight is 289 g/mol. The Morgan fingerprint density at radius 2 is 1.95 bits per heavy atom. The highest BCUT2D eigenvalue weighted by Crippen LogP contribution is 2.14. The first-order valence-corrected chi connectivity index (χ1v) is 6.95. The molecule has 0 bridgehead atoms. The first kappa shape index (κ1) is 15.0. The number of urea groups is 1. The number of carbonyl (C=O) groups is 3. The fraction of sp³-hybridized carbons (Fsp3) is 0.400. The maximum atomic E-state index is 11.9. The number of benzene rings is 1. The van der Waals surface area contributed by atoms with Gasteiger partial charge in [0.15, 0.2) is 0 Å². The lowest BCUT2D eigenvalue weighted by Gasteiger charge is -2.13. The number of imide groups is 1. The van der Waals surface area contributed by atoms with Crippen LogP contribution in [0.2, 0.25) is 0 Å². The maximum Gasteiger partial charge on any atom is 0.324 e. The van der Waals surface area contributed by atoms with Crippen LogP contribution in [0.3, 0.4) is 0 Å². The zero-order chi connectivity index (χ0) is 15.4. The van der Waals surface area contributed by atoms with Crippen LogP contribution >= 0.6 is 0 Å². The number of hydrogen-bond acceptors (Lipinski definition) is 3. The van der Waals surface area contributed by atoms with Crippen LogP contribution < -0.4 is 10.6 Å². The molecule has 1 aliphatic rings. The molecule has 0 aliphatic carbocycles. The van der Waals surface area contributed by atoms with Crippen LogP contribution in [0, 0.1) is 0 Å². The summed E-state index contributed by atoms with van der Waals surface area (Å²) in [6, 6.07) is 7.00. The van der Waals surface area contributed by atoms with Crippen molar-refractivity contribution >= 4 is 17.8 Å². The summed E-state index contributed by atoms with van der Waals surface area (Å²) in [7, 11) is 0. The molecule has 2 rings (SSSR count). The summed E-state index contributed by atoms with van der Waals surface area (Å²) >= 11 is 0. The van der Waals surface area contributed by atoms with Gasteiger partial charge in [-0.05, 0) is 23.6 Å². The topological polar surface area (TPSA) is 78.5 Å². The second-order valence-corrected chi connectivity index (χ2v) is 5.24. The Morgan fingerprint density at radius 3 is 2.48 bits per heavy atom. The van der Waals surface area contributed by atoms with Crippen molar-refractivity contribution in [3.05, 3.63) is 35.4 Å². The van der Waals surface area contributed by atoms with Crippen LogP contribution in [0.1, 0.15) is 35.7 Å². The van der Waals surface area contributed by atoms with Gasteiger partial charge in [0.25, 0.3) is 5.91 Å². The van der Waals surface area contributed by atoms with Gasteiger partial charge in [-0.15, -0.1) is 0 Å². The summed E-state index contributed by atoms with van der Waals surface area (Å²) in [6.45, 7) is 4.63. The Hall–Kier alpha value is -2.37. The highest BCUT2D eigenvalue weighted by Gasteiger charge is 2.27. The molecule has 0 saturated carbocycles. The van der Waals surface area contributed by atoms with Crippen molar-refractivity contribution in [1.82, 2.24) is 15.5 Å². The van der Waals surface area contributed by atoms with E-state index >= 15 is 0 Å². The molecular formula is C15H19N3O3. The van der Waals surface area contributed by atoms with E-state index in [0.717, 1.165) is 4.90 Å². The fourth-order valence-electron chi connectivity index (χ4n) is 2.08. The molecule has 0 atom stereocenters. The zero-order valence-corrected chi connectivity index (χ0v) is 12.2. The molecule has 6 nitrogen and oxygen atoms in total. The van der Waals surface area contributed by atoms with Gasteiger partial charge >= 0.3 is 6.03 Å². The van der Waals surface area contributed by atoms with Crippen LogP contribution in [0.5, 0.6) is 0 Å². The van der Waals surface area contributed by atoms with E-state index in [4.69, 9.17) is 0 Å². The van der Waals surface area contributed by atoms with Crippen LogP contribution in [-0.4, -0.2) is 42.4 Å². The third kappa shape index (κ3) is 3.59. The van der Waals surface area contributed by atoms with Gasteiger partial charge in [-0.1, -0.05) is 26.0 Å². The molecule has 1 aromatic rings. The minimum absolute atomic E-state index is 0.0312. The summed E-state index contributed by atoms with van der Waals surface area (Å²) < 4.78 is 0. The molecule has 6 heteroatoms. The molecule has 4 amide bonds. The van der Waals surface area contributed by atoms with Gasteiger partial charge in [0.1, 0.15) is 0 Å². The molecular weight excluding hydrogens is 270 g/mol. The SMILES string of the molecule is CC(C)c1ccc(C(=O)NCCN2C(=O)CNC2=O)cc1. The lowest BCUT2D eigenvalue weighted by atomic mass is 10.0. The Morgan fingerprint density at radius 1 is 1.29 bits per heavy atom. The van der Waals surface area contributed by atoms with Gasteiger partial charge in [0.2, 0.25) is 5.91 Å². The lowest BCUT2D eigenvalue weighted by molar-refractivity contribution is -0.124. The third-order valence-electron chi connectivity index (χ3n) is 3.40. The summed E-state index contributed by atoms with van der Waals surface area (Å²) in [5, 5.41) is 5.13. The van der Waals surface area contributed by atoms with E-state index in [9.17, 15) is 14.4 Å². The molecule has 1 fully saturated rings. The number of carbonyl (C=O) groups excluding carboxylic acids is 3. The molecule has 0 aromatic heterocycles. The smallest absolute Gasteiger partial charge is 0.324 e. The van der Waals surface area contributed by atoms with E-state index < -0.39 is 6.03 Å². The molecule has 1 aliphatic heterocycles. The zero-order valence-electron chi connectivity index (χ0n) is 12.2. The summed E-state index contributed by atoms with van der Waals surface area (Å²) in [4.78, 5) is 35.7. The van der Waals surface area contributed by atoms with Crippen molar-refractivity contribution in [3.8, 4) is 0 Å². The first-order chi connectivity index (χ1) is 9.99. The van der Waals surface area contributed by atoms with Gasteiger partial charge in [0, 0.05) is 18.7 Å². The van der Waals surface area contributed by atoms with Gasteiger partial charge in [-0.25, -0.2) is 4.79 Å². The van der Waals surface area contributed by atoms with Crippen molar-refractivity contribution in [3.63, 3.8) is 0 Å². The van der Waals surface area contributed by atoms with Crippen LogP contribution in [-0.2, 0) is 4.79 Å². The molecule has 0 spiro atoms. The standard InChI is InChI=1S/C15H19N3O3/c1-10(2)11-3-5-12(6-4-11)14(20)16-7-8-18-13(19)9-17-15(18)21/h3-6,10H,7-9H2,1-2H3,(H,16,20)(H,17,21). The molecule has 1 aromatic carbocycles. The summed E-state index contributed by atoms with van der Waals surface area (Å²) in [5.41, 5.74) is 1.74. The average Bonchev–Trinajstić information content (AvgIpc) is 2.79. The second-order valence-electron chi connectivity index (χ2n) is 5.24. The first-order valence-electron chi connectivity index (χ1n) is 6.95. The lowest BCUT2D eigenvalue weighted by Crippen LogP contribution is -2.38. The predicted octanol–water partition coefficient (Wildman–Crippen LogP) is 1.09. The summed E-state index contributed by atoms with van der Waals surface area (Å²) in [6.07, 6.45) is 0. The summed E-state index contributed by atoms with van der Waals surface area (Å²) in [5.74, 6) is -0.0605. The van der Waals surface area contributed by atoms with E-state index in [1.54, 1.807) is 12.1 Å². The normalized spacial score (nSPS) is 14.5. The van der Waals surface area contributed by atoms with Crippen molar-refractivity contribution in [2.24, 2.45) is 0 Å². The van der Waals surface area contributed by atoms with Gasteiger partial charge in [-0.3, -0.25) is 14.5 Å². The minimum Gasteiger partial charge on any atom is -0.350 e. The third-order valence-corrected chi connectivity index (χ3v) is 3.40. The Bertz CT molecular complexity index is 536. The molecule has 1 heterocycles. The Kier molecular flexibility index (Phi) is 4.57. The van der Waals surface area contributed by atoms with Gasteiger partial charge in [-0.2, -0.15) is 0 Å². The monoisotopic (exact) mass is 289 g/mol. The molecule has 1 saturated heterocycles. The highest BCUT2D eigenvalue weighted by atomic mass is 16.2. The van der Waals surface area contributed by atoms with Crippen molar-refractivity contribution in [2.45, 2.75) is 19.8 Å². The van der Waals surface area contributed by atoms with Gasteiger partial charge in [0.05, 0.1) is 6.54 Å². The van der Waals surface area contributed by atoms with Crippen LogP contribution in [0.15, 0.2) is 24.3 Å². The Labute approximate surface area is 123 Å². The van der Waals surface area contributed by atoms with Crippen molar-refractivity contribution in [1.29, 1.82) is 0 Å². The number of nitrogens with zero attached hydrogens (tertiary/aromatic N) is 1. The van der Waals surface area contributed by atoms with E-state index in [1.165, 1.54) is 5.56 Å². The quantitative estimate of drug-likeness (QED) is 0.796. The largest absolute Gasteiger partial charge is 0.350 e. The minimum atomic E-state index is -0.407. The van der Waals surface area contributed by atoms with E-state index in [2.05, 4.69) is 24.5 Å². The predicted molar refractivity (Wildman–Crippen MR) is 78.0 cm³/mol. The van der Waals surface area contributed by atoms with Crippen molar-refractivity contribution in [2.75, 3.05) is 19.6 Å². The molecule has 21 heavy (non-hydrogen) atoms. The Balaban J connectivity index is 1.84. The highest BCUT2D eigenvalue weighted by molar-refractivity contribution is 6.02. The number of rotatable bonds is 5. The van der Waals surface area contributed by atoms with Crippen LogP contribution in [0.4, 0.5) is 4.79 Å². The molecule has 0 unspecified atom stereocenters. The number of hydrogen-bond donors (Lipinski definition) is 2. The molecule has 112 valence electrons. The molecule has 2 N–H and O–H groups in total.